The first-order valence-electron chi connectivity index (χ1n) is 4.20. The molecule has 1 heterocycles. The van der Waals surface area contributed by atoms with Crippen molar-refractivity contribution >= 4 is 5.70 Å². The van der Waals surface area contributed by atoms with Gasteiger partial charge in [0.2, 0.25) is 0 Å². The Morgan fingerprint density at radius 3 is 2.69 bits per heavy atom. The molecule has 0 aliphatic carbocycles. The van der Waals surface area contributed by atoms with Gasteiger partial charge in [0, 0.05) is 0 Å². The third-order valence-electron chi connectivity index (χ3n) is 1.94. The van der Waals surface area contributed by atoms with Crippen LogP contribution in [0.15, 0.2) is 36.4 Å². The average Bonchev–Trinajstić information content (AvgIpc) is 2.67. The van der Waals surface area contributed by atoms with Crippen molar-refractivity contribution in [1.29, 1.82) is 0 Å². The molecule has 1 atom stereocenters. The first-order valence-corrected chi connectivity index (χ1v) is 4.20. The van der Waals surface area contributed by atoms with Gasteiger partial charge < -0.3 is 5.11 Å². The van der Waals surface area contributed by atoms with Gasteiger partial charge in [-0.2, -0.15) is 0 Å². The van der Waals surface area contributed by atoms with Gasteiger partial charge in [-0.25, -0.2) is 0 Å². The van der Waals surface area contributed by atoms with E-state index in [0.717, 1.165) is 11.3 Å². The molecule has 2 rings (SSSR count). The standard InChI is InChI=1S/C10H11NO2/c12-7-9-6-10(11-13-9)8-4-2-1-3-5-8/h1-6,9,11-12H,7H2. The zero-order valence-corrected chi connectivity index (χ0v) is 7.10. The molecule has 68 valence electrons. The molecule has 1 aliphatic heterocycles. The van der Waals surface area contributed by atoms with Crippen LogP contribution in [0.1, 0.15) is 5.56 Å². The van der Waals surface area contributed by atoms with Crippen LogP contribution in [0.2, 0.25) is 0 Å². The molecule has 1 aliphatic rings. The minimum Gasteiger partial charge on any atom is -0.393 e. The molecule has 0 saturated heterocycles. The van der Waals surface area contributed by atoms with E-state index in [0.29, 0.717) is 0 Å². The van der Waals surface area contributed by atoms with Crippen molar-refractivity contribution in [2.24, 2.45) is 0 Å². The molecule has 3 heteroatoms. The maximum absolute atomic E-state index is 8.82. The Bertz CT molecular complexity index is 308. The number of nitrogens with one attached hydrogen (secondary N) is 1. The largest absolute Gasteiger partial charge is 0.393 e. The molecule has 0 spiro atoms. The van der Waals surface area contributed by atoms with Gasteiger partial charge in [-0.3, -0.25) is 10.3 Å². The summed E-state index contributed by atoms with van der Waals surface area (Å²) in [5, 5.41) is 8.82. The van der Waals surface area contributed by atoms with E-state index < -0.39 is 0 Å². The van der Waals surface area contributed by atoms with Crippen LogP contribution < -0.4 is 5.48 Å². The second kappa shape index (κ2) is 3.60. The van der Waals surface area contributed by atoms with Crippen LogP contribution in [0.3, 0.4) is 0 Å². The lowest BCUT2D eigenvalue weighted by molar-refractivity contribution is 0.0173. The predicted octanol–water partition coefficient (Wildman–Crippen LogP) is 0.923. The van der Waals surface area contributed by atoms with E-state index in [9.17, 15) is 0 Å². The fraction of sp³-hybridized carbons (Fsp3) is 0.200. The Morgan fingerprint density at radius 1 is 1.31 bits per heavy atom. The zero-order valence-electron chi connectivity index (χ0n) is 7.10. The second-order valence-corrected chi connectivity index (χ2v) is 2.89. The highest BCUT2D eigenvalue weighted by atomic mass is 16.7. The summed E-state index contributed by atoms with van der Waals surface area (Å²) in [7, 11) is 0. The second-order valence-electron chi connectivity index (χ2n) is 2.89. The van der Waals surface area contributed by atoms with Gasteiger partial charge in [-0.05, 0) is 11.6 Å². The Labute approximate surface area is 76.6 Å². The third kappa shape index (κ3) is 1.71. The molecule has 0 amide bonds. The number of aliphatic hydroxyl groups is 1. The first kappa shape index (κ1) is 8.29. The lowest BCUT2D eigenvalue weighted by Gasteiger charge is -2.03. The van der Waals surface area contributed by atoms with Gasteiger partial charge in [0.25, 0.3) is 0 Å². The van der Waals surface area contributed by atoms with Crippen molar-refractivity contribution in [1.82, 2.24) is 5.48 Å². The number of hydrogen-bond donors (Lipinski definition) is 2. The van der Waals surface area contributed by atoms with Gasteiger partial charge in [-0.15, -0.1) is 0 Å². The van der Waals surface area contributed by atoms with Crippen LogP contribution in [0.25, 0.3) is 5.70 Å². The van der Waals surface area contributed by atoms with Crippen LogP contribution in [-0.4, -0.2) is 17.8 Å². The molecule has 1 aromatic rings. The highest BCUT2D eigenvalue weighted by Crippen LogP contribution is 2.17. The van der Waals surface area contributed by atoms with Crippen LogP contribution in [0, 0.1) is 0 Å². The molecule has 1 aromatic carbocycles. The van der Waals surface area contributed by atoms with Crippen molar-refractivity contribution in [3.63, 3.8) is 0 Å². The summed E-state index contributed by atoms with van der Waals surface area (Å²) >= 11 is 0. The maximum Gasteiger partial charge on any atom is 0.129 e. The normalized spacial score (nSPS) is 21.0. The molecule has 0 fully saturated rings. The summed E-state index contributed by atoms with van der Waals surface area (Å²) in [5.74, 6) is 0. The monoisotopic (exact) mass is 177 g/mol. The lowest BCUT2D eigenvalue weighted by atomic mass is 10.1. The maximum atomic E-state index is 8.82. The van der Waals surface area contributed by atoms with Crippen molar-refractivity contribution in [2.45, 2.75) is 6.10 Å². The lowest BCUT2D eigenvalue weighted by Crippen LogP contribution is -2.15. The fourth-order valence-corrected chi connectivity index (χ4v) is 1.26. The molecule has 0 bridgehead atoms. The van der Waals surface area contributed by atoms with Gasteiger partial charge in [-0.1, -0.05) is 30.3 Å². The van der Waals surface area contributed by atoms with E-state index in [-0.39, 0.29) is 12.7 Å². The number of benzene rings is 1. The molecular weight excluding hydrogens is 166 g/mol. The summed E-state index contributed by atoms with van der Waals surface area (Å²) in [5.41, 5.74) is 4.76. The highest BCUT2D eigenvalue weighted by Gasteiger charge is 2.15. The van der Waals surface area contributed by atoms with E-state index in [1.807, 2.05) is 36.4 Å². The van der Waals surface area contributed by atoms with Gasteiger partial charge in [0.05, 0.1) is 12.3 Å². The van der Waals surface area contributed by atoms with E-state index in [2.05, 4.69) is 5.48 Å². The third-order valence-corrected chi connectivity index (χ3v) is 1.94. The summed E-state index contributed by atoms with van der Waals surface area (Å²) in [6, 6.07) is 9.86. The molecule has 0 aromatic heterocycles. The van der Waals surface area contributed by atoms with Gasteiger partial charge in [0.15, 0.2) is 0 Å². The molecular formula is C10H11NO2. The summed E-state index contributed by atoms with van der Waals surface area (Å²) in [6.45, 7) is 0.00331. The molecule has 0 radical (unpaired) electrons. The molecule has 3 nitrogen and oxygen atoms in total. The highest BCUT2D eigenvalue weighted by molar-refractivity contribution is 5.64. The Balaban J connectivity index is 2.19. The van der Waals surface area contributed by atoms with Crippen LogP contribution in [0.5, 0.6) is 0 Å². The molecule has 0 saturated carbocycles. The van der Waals surface area contributed by atoms with Crippen molar-refractivity contribution in [3.05, 3.63) is 42.0 Å². The zero-order chi connectivity index (χ0) is 9.10. The fourth-order valence-electron chi connectivity index (χ4n) is 1.26. The van der Waals surface area contributed by atoms with E-state index >= 15 is 0 Å². The molecule has 2 N–H and O–H groups in total. The van der Waals surface area contributed by atoms with Crippen LogP contribution in [0.4, 0.5) is 0 Å². The van der Waals surface area contributed by atoms with E-state index in [1.54, 1.807) is 0 Å². The SMILES string of the molecule is OCC1C=C(c2ccccc2)NO1. The smallest absolute Gasteiger partial charge is 0.129 e. The summed E-state index contributed by atoms with van der Waals surface area (Å²) < 4.78 is 0. The molecule has 1 unspecified atom stereocenters. The number of hydroxylamine groups is 1. The number of aliphatic hydroxyl groups excluding tert-OH is 1. The van der Waals surface area contributed by atoms with Gasteiger partial charge >= 0.3 is 0 Å². The van der Waals surface area contributed by atoms with E-state index in [1.165, 1.54) is 0 Å². The Morgan fingerprint density at radius 2 is 2.08 bits per heavy atom. The van der Waals surface area contributed by atoms with Crippen molar-refractivity contribution in [3.8, 4) is 0 Å². The quantitative estimate of drug-likeness (QED) is 0.706. The Kier molecular flexibility index (Phi) is 2.29. The molecule has 13 heavy (non-hydrogen) atoms. The minimum absolute atomic E-state index is 0.00331. The topological polar surface area (TPSA) is 41.5 Å². The summed E-state index contributed by atoms with van der Waals surface area (Å²) in [6.07, 6.45) is 1.64. The van der Waals surface area contributed by atoms with Crippen molar-refractivity contribution in [2.75, 3.05) is 6.61 Å². The number of rotatable bonds is 2. The van der Waals surface area contributed by atoms with Crippen LogP contribution in [-0.2, 0) is 4.84 Å². The van der Waals surface area contributed by atoms with Crippen LogP contribution >= 0.6 is 0 Å². The predicted molar refractivity (Wildman–Crippen MR) is 49.5 cm³/mol. The number of hydrogen-bond acceptors (Lipinski definition) is 3. The summed E-state index contributed by atoms with van der Waals surface area (Å²) in [4.78, 5) is 5.08. The average molecular weight is 177 g/mol. The van der Waals surface area contributed by atoms with Crippen molar-refractivity contribution < 1.29 is 9.94 Å². The van der Waals surface area contributed by atoms with Gasteiger partial charge in [0.1, 0.15) is 6.10 Å². The Hall–Kier alpha value is -1.32. The van der Waals surface area contributed by atoms with E-state index in [4.69, 9.17) is 9.94 Å². The first-order chi connectivity index (χ1) is 6.40. The minimum atomic E-state index is -0.227.